The van der Waals surface area contributed by atoms with Gasteiger partial charge in [0.15, 0.2) is 5.82 Å². The number of nitrogens with zero attached hydrogens (tertiary/aromatic N) is 5. The molecular weight excluding hydrogens is 382 g/mol. The Morgan fingerprint density at radius 3 is 2.77 bits per heavy atom. The maximum atomic E-state index is 9.54. The smallest absolute Gasteiger partial charge is 0.227 e. The van der Waals surface area contributed by atoms with Crippen LogP contribution in [0.3, 0.4) is 0 Å². The molecule has 3 N–H and O–H groups in total. The van der Waals surface area contributed by atoms with Crippen LogP contribution in [-0.4, -0.2) is 49.6 Å². The molecule has 0 saturated heterocycles. The number of rotatable bonds is 7. The van der Waals surface area contributed by atoms with Crippen LogP contribution in [-0.2, 0) is 7.05 Å². The normalized spacial score (nSPS) is 12.0. The number of aliphatic hydroxyl groups excluding tert-OH is 1. The zero-order valence-electron chi connectivity index (χ0n) is 17.0. The lowest BCUT2D eigenvalue weighted by atomic mass is 10.1. The molecule has 9 nitrogen and oxygen atoms in total. The molecule has 3 heterocycles. The van der Waals surface area contributed by atoms with Crippen molar-refractivity contribution in [3.05, 3.63) is 49.1 Å². The number of nitrogens with one attached hydrogen (secondary N) is 2. The van der Waals surface area contributed by atoms with Gasteiger partial charge in [0.05, 0.1) is 25.1 Å². The summed E-state index contributed by atoms with van der Waals surface area (Å²) >= 11 is 0. The molecule has 0 spiro atoms. The van der Waals surface area contributed by atoms with Crippen molar-refractivity contribution in [1.82, 2.24) is 24.7 Å². The molecule has 30 heavy (non-hydrogen) atoms. The standard InChI is InChI=1S/C21H23N7O2/c1-13(29)9-23-20-19-15(6-7-22-20)10-24-21(27-19)26-17-5-4-14(8-18(17)30-3)16-11-25-28(2)12-16/h4-8,10-13,29H,9H2,1-3H3,(H,22,23)(H,24,26,27). The quantitative estimate of drug-likeness (QED) is 0.430. The van der Waals surface area contributed by atoms with Crippen molar-refractivity contribution in [3.8, 4) is 16.9 Å². The molecule has 0 fully saturated rings. The lowest BCUT2D eigenvalue weighted by Gasteiger charge is -2.13. The van der Waals surface area contributed by atoms with Crippen molar-refractivity contribution < 1.29 is 9.84 Å². The van der Waals surface area contributed by atoms with E-state index < -0.39 is 6.10 Å². The Labute approximate surface area is 173 Å². The summed E-state index contributed by atoms with van der Waals surface area (Å²) in [7, 11) is 3.50. The zero-order chi connectivity index (χ0) is 21.1. The van der Waals surface area contributed by atoms with Crippen molar-refractivity contribution in [2.24, 2.45) is 7.05 Å². The van der Waals surface area contributed by atoms with Crippen molar-refractivity contribution in [2.75, 3.05) is 24.3 Å². The number of aromatic nitrogens is 5. The maximum absolute atomic E-state index is 9.54. The first-order chi connectivity index (χ1) is 14.5. The van der Waals surface area contributed by atoms with Crippen molar-refractivity contribution in [2.45, 2.75) is 13.0 Å². The summed E-state index contributed by atoms with van der Waals surface area (Å²) < 4.78 is 7.32. The van der Waals surface area contributed by atoms with Gasteiger partial charge in [-0.15, -0.1) is 0 Å². The van der Waals surface area contributed by atoms with E-state index in [4.69, 9.17) is 4.74 Å². The Hall–Kier alpha value is -3.72. The number of hydrogen-bond acceptors (Lipinski definition) is 8. The molecule has 0 bridgehead atoms. The highest BCUT2D eigenvalue weighted by Crippen LogP contribution is 2.32. The first-order valence-electron chi connectivity index (χ1n) is 9.51. The lowest BCUT2D eigenvalue weighted by Crippen LogP contribution is -2.16. The second-order valence-corrected chi connectivity index (χ2v) is 6.96. The van der Waals surface area contributed by atoms with Gasteiger partial charge in [0.2, 0.25) is 5.95 Å². The Balaban J connectivity index is 1.64. The summed E-state index contributed by atoms with van der Waals surface area (Å²) in [5, 5.41) is 20.9. The van der Waals surface area contributed by atoms with E-state index in [1.165, 1.54) is 0 Å². The van der Waals surface area contributed by atoms with Crippen LogP contribution in [0.15, 0.2) is 49.1 Å². The van der Waals surface area contributed by atoms with Gasteiger partial charge in [-0.25, -0.2) is 15.0 Å². The Kier molecular flexibility index (Phi) is 5.44. The molecule has 0 radical (unpaired) electrons. The monoisotopic (exact) mass is 405 g/mol. The van der Waals surface area contributed by atoms with Gasteiger partial charge in [-0.05, 0) is 30.7 Å². The minimum atomic E-state index is -0.496. The number of anilines is 3. The minimum Gasteiger partial charge on any atom is -0.495 e. The number of hydrogen-bond donors (Lipinski definition) is 3. The number of pyridine rings is 1. The lowest BCUT2D eigenvalue weighted by molar-refractivity contribution is 0.208. The summed E-state index contributed by atoms with van der Waals surface area (Å²) in [4.78, 5) is 13.3. The van der Waals surface area contributed by atoms with Crippen LogP contribution in [0.25, 0.3) is 22.0 Å². The van der Waals surface area contributed by atoms with Gasteiger partial charge in [0.1, 0.15) is 11.3 Å². The van der Waals surface area contributed by atoms with Crippen LogP contribution < -0.4 is 15.4 Å². The maximum Gasteiger partial charge on any atom is 0.227 e. The summed E-state index contributed by atoms with van der Waals surface area (Å²) in [5.41, 5.74) is 3.41. The van der Waals surface area contributed by atoms with Crippen LogP contribution in [0, 0.1) is 0 Å². The molecule has 0 aliphatic rings. The highest BCUT2D eigenvalue weighted by molar-refractivity contribution is 5.88. The molecule has 0 saturated carbocycles. The zero-order valence-corrected chi connectivity index (χ0v) is 17.0. The molecule has 1 aromatic carbocycles. The van der Waals surface area contributed by atoms with Crippen LogP contribution in [0.5, 0.6) is 5.75 Å². The molecule has 4 rings (SSSR count). The van der Waals surface area contributed by atoms with E-state index >= 15 is 0 Å². The predicted octanol–water partition coefficient (Wildman–Crippen LogP) is 2.97. The molecule has 0 amide bonds. The van der Waals surface area contributed by atoms with Gasteiger partial charge in [-0.3, -0.25) is 4.68 Å². The fourth-order valence-electron chi connectivity index (χ4n) is 3.05. The van der Waals surface area contributed by atoms with E-state index in [1.807, 2.05) is 43.7 Å². The third-order valence-electron chi connectivity index (χ3n) is 4.55. The Morgan fingerprint density at radius 2 is 2.03 bits per heavy atom. The van der Waals surface area contributed by atoms with Gasteiger partial charge in [0.25, 0.3) is 0 Å². The van der Waals surface area contributed by atoms with Crippen LogP contribution in [0.4, 0.5) is 17.5 Å². The number of methoxy groups -OCH3 is 1. The third kappa shape index (κ3) is 4.15. The van der Waals surface area contributed by atoms with E-state index in [9.17, 15) is 5.11 Å². The second kappa shape index (κ2) is 8.34. The average molecular weight is 405 g/mol. The van der Waals surface area contributed by atoms with Crippen molar-refractivity contribution >= 4 is 28.4 Å². The summed E-state index contributed by atoms with van der Waals surface area (Å²) in [6.07, 6.45) is 6.68. The van der Waals surface area contributed by atoms with Gasteiger partial charge in [-0.1, -0.05) is 6.07 Å². The molecule has 1 unspecified atom stereocenters. The highest BCUT2D eigenvalue weighted by Gasteiger charge is 2.11. The molecule has 1 atom stereocenters. The van der Waals surface area contributed by atoms with E-state index in [0.29, 0.717) is 29.6 Å². The van der Waals surface area contributed by atoms with E-state index in [2.05, 4.69) is 30.7 Å². The fourth-order valence-corrected chi connectivity index (χ4v) is 3.05. The molecule has 0 aliphatic heterocycles. The summed E-state index contributed by atoms with van der Waals surface area (Å²) in [6.45, 7) is 2.09. The minimum absolute atomic E-state index is 0.377. The highest BCUT2D eigenvalue weighted by atomic mass is 16.5. The van der Waals surface area contributed by atoms with Gasteiger partial charge in [-0.2, -0.15) is 5.10 Å². The molecule has 4 aromatic rings. The number of aryl methyl sites for hydroxylation is 1. The molecular formula is C21H23N7O2. The Morgan fingerprint density at radius 1 is 1.17 bits per heavy atom. The number of aliphatic hydroxyl groups is 1. The van der Waals surface area contributed by atoms with Gasteiger partial charge >= 0.3 is 0 Å². The first kappa shape index (κ1) is 19.6. The van der Waals surface area contributed by atoms with Crippen molar-refractivity contribution in [3.63, 3.8) is 0 Å². The topological polar surface area (TPSA) is 110 Å². The molecule has 9 heteroatoms. The predicted molar refractivity (Wildman–Crippen MR) is 116 cm³/mol. The largest absolute Gasteiger partial charge is 0.495 e. The van der Waals surface area contributed by atoms with Crippen LogP contribution in [0.1, 0.15) is 6.92 Å². The van der Waals surface area contributed by atoms with Crippen molar-refractivity contribution in [1.29, 1.82) is 0 Å². The number of benzene rings is 1. The SMILES string of the molecule is COc1cc(-c2cnn(C)c2)ccc1Nc1ncc2ccnc(NCC(C)O)c2n1. The van der Waals surface area contributed by atoms with E-state index in [-0.39, 0.29) is 0 Å². The molecule has 0 aliphatic carbocycles. The molecule has 154 valence electrons. The fraction of sp³-hybridized carbons (Fsp3) is 0.238. The van der Waals surface area contributed by atoms with E-state index in [1.54, 1.807) is 31.1 Å². The first-order valence-corrected chi connectivity index (χ1v) is 9.51. The average Bonchev–Trinajstić information content (AvgIpc) is 3.18. The molecule has 3 aromatic heterocycles. The Bertz CT molecular complexity index is 1170. The third-order valence-corrected chi connectivity index (χ3v) is 4.55. The van der Waals surface area contributed by atoms with Crippen LogP contribution in [0.2, 0.25) is 0 Å². The number of ether oxygens (including phenoxy) is 1. The summed E-state index contributed by atoms with van der Waals surface area (Å²) in [6, 6.07) is 7.69. The van der Waals surface area contributed by atoms with Gasteiger partial charge < -0.3 is 20.5 Å². The van der Waals surface area contributed by atoms with Crippen LogP contribution >= 0.6 is 0 Å². The summed E-state index contributed by atoms with van der Waals surface area (Å²) in [5.74, 6) is 1.68. The number of fused-ring (bicyclic) bond motifs is 1. The second-order valence-electron chi connectivity index (χ2n) is 6.96. The van der Waals surface area contributed by atoms with E-state index in [0.717, 1.165) is 22.2 Å². The van der Waals surface area contributed by atoms with Gasteiger partial charge in [0, 0.05) is 43.1 Å².